The number of carboxylic acid groups (broad SMARTS) is 1. The molecular formula is C75H92N12O14. The molecular weight excluding hydrogens is 1290 g/mol. The van der Waals surface area contributed by atoms with Gasteiger partial charge in [-0.15, -0.1) is 0 Å². The number of carbonyl (C=O) groups is 11. The summed E-state index contributed by atoms with van der Waals surface area (Å²) in [6, 6.07) is 35.0. The van der Waals surface area contributed by atoms with Crippen LogP contribution in [-0.4, -0.2) is 172 Å². The molecule has 0 aliphatic carbocycles. The minimum absolute atomic E-state index is 0.00159. The van der Waals surface area contributed by atoms with Gasteiger partial charge in [-0.25, -0.2) is 4.79 Å². The van der Waals surface area contributed by atoms with Gasteiger partial charge in [0.2, 0.25) is 59.1 Å². The summed E-state index contributed by atoms with van der Waals surface area (Å²) >= 11 is 0. The van der Waals surface area contributed by atoms with Crippen molar-refractivity contribution in [1.29, 1.82) is 0 Å². The minimum Gasteiger partial charge on any atom is -0.508 e. The predicted molar refractivity (Wildman–Crippen MR) is 377 cm³/mol. The number of fused-ring (bicyclic) bond motifs is 2. The number of likely N-dealkylation sites (tertiary alicyclic amines) is 1. The molecule has 1 saturated heterocycles. The highest BCUT2D eigenvalue weighted by molar-refractivity contribution is 5.97. The second-order valence-electron chi connectivity index (χ2n) is 25.6. The van der Waals surface area contributed by atoms with Crippen molar-refractivity contribution in [2.75, 3.05) is 39.3 Å². The van der Waals surface area contributed by atoms with Crippen molar-refractivity contribution >= 4 is 75.8 Å². The van der Waals surface area contributed by atoms with E-state index >= 15 is 0 Å². The minimum atomic E-state index is -1.22. The normalized spacial score (nSPS) is 15.5. The van der Waals surface area contributed by atoms with Crippen LogP contribution >= 0.6 is 0 Å². The summed E-state index contributed by atoms with van der Waals surface area (Å²) in [6.07, 6.45) is 4.18. The van der Waals surface area contributed by atoms with Crippen LogP contribution in [0, 0.1) is 0 Å². The highest BCUT2D eigenvalue weighted by atomic mass is 16.4. The van der Waals surface area contributed by atoms with Crippen LogP contribution in [0.25, 0.3) is 10.8 Å². The lowest BCUT2D eigenvalue weighted by molar-refractivity contribution is -0.143. The van der Waals surface area contributed by atoms with Crippen LogP contribution in [0.3, 0.4) is 0 Å². The SMILES string of the molecule is N[C@@H](Cc1ccc(O)cc1)C(=O)N1Cc2ccccc2C[C@@H]1C(=O)NCC(=O)NCCCCC(=O)N[C@H](CCCCNC(=O)CCCCNC(=O)CNC(=O)[C@@H](Cc1cccc2ccccc12)NC(=O)[C@H](Cc1ccccc1)NC(=O)[C@@H]1CCCN1C(=O)[C@@H](N)Cc1ccc(O)cc1)C(=O)O. The van der Waals surface area contributed by atoms with E-state index in [0.29, 0.717) is 51.4 Å². The standard InChI is InChI=1S/C75H92N12O14/c76-58(40-49-28-32-55(88)33-29-49)73(98)86-39-15-25-63(86)72(97)85-61(42-48-16-2-1-3-17-48)70(95)84-62(43-53-22-14-21-51-18-6-7-23-57(51)53)69(94)81-45-67(92)79-37-12-9-26-65(90)78-36-11-8-24-60(75(100)101)83-66(91)27-10-13-38-80-68(93)46-82-71(96)64-44-52-19-4-5-20-54(52)47-87(64)74(99)59(77)41-50-30-34-56(89)35-31-50/h1-7,14,16-23,28-35,58-64,88-89H,8-13,15,24-27,36-47,76-77H2,(H,78,90)(H,79,92)(H,80,93)(H,81,94)(H,82,96)(H,83,91)(H,84,95)(H,85,97)(H,100,101)/t58-,59-,60+,61-,62+,63-,64+/m0/s1. The Hall–Kier alpha value is -10.7. The monoisotopic (exact) mass is 1380 g/mol. The number of rotatable bonds is 37. The number of hydrogen-bond donors (Lipinski definition) is 13. The highest BCUT2D eigenvalue weighted by Crippen LogP contribution is 2.26. The zero-order chi connectivity index (χ0) is 72.2. The average molecular weight is 1390 g/mol. The second-order valence-corrected chi connectivity index (χ2v) is 25.6. The highest BCUT2D eigenvalue weighted by Gasteiger charge is 2.40. The number of aliphatic carboxylic acids is 1. The number of carboxylic acids is 1. The van der Waals surface area contributed by atoms with Crippen molar-refractivity contribution in [3.63, 3.8) is 0 Å². The first-order chi connectivity index (χ1) is 48.7. The lowest BCUT2D eigenvalue weighted by Gasteiger charge is -2.37. The van der Waals surface area contributed by atoms with Crippen LogP contribution in [0.5, 0.6) is 11.5 Å². The summed E-state index contributed by atoms with van der Waals surface area (Å²) < 4.78 is 0. The third-order valence-electron chi connectivity index (χ3n) is 18.0. The summed E-state index contributed by atoms with van der Waals surface area (Å²) in [6.45, 7) is 0.294. The molecule has 10 amide bonds. The number of benzene rings is 6. The Morgan fingerprint density at radius 1 is 0.455 bits per heavy atom. The van der Waals surface area contributed by atoms with Crippen molar-refractivity contribution < 1.29 is 68.1 Å². The number of phenolic OH excluding ortho intramolecular Hbond substituents is 2. The Morgan fingerprint density at radius 2 is 0.990 bits per heavy atom. The molecule has 7 atom stereocenters. The molecule has 101 heavy (non-hydrogen) atoms. The number of aromatic hydroxyl groups is 2. The van der Waals surface area contributed by atoms with Gasteiger partial charge in [0, 0.05) is 64.8 Å². The lowest BCUT2D eigenvalue weighted by Crippen LogP contribution is -2.58. The van der Waals surface area contributed by atoms with E-state index in [1.54, 1.807) is 48.5 Å². The van der Waals surface area contributed by atoms with Crippen LogP contribution in [0.4, 0.5) is 0 Å². The number of carbonyl (C=O) groups excluding carboxylic acids is 10. The van der Waals surface area contributed by atoms with Crippen LogP contribution in [0.15, 0.2) is 146 Å². The number of hydrogen-bond acceptors (Lipinski definition) is 15. The van der Waals surface area contributed by atoms with Gasteiger partial charge in [0.25, 0.3) is 0 Å². The molecule has 0 aromatic heterocycles. The average Bonchev–Trinajstić information content (AvgIpc) is 1.07. The smallest absolute Gasteiger partial charge is 0.326 e. The maximum Gasteiger partial charge on any atom is 0.326 e. The van der Waals surface area contributed by atoms with Crippen molar-refractivity contribution in [2.45, 2.75) is 152 Å². The van der Waals surface area contributed by atoms with E-state index in [1.807, 2.05) is 72.8 Å². The summed E-state index contributed by atoms with van der Waals surface area (Å²) in [5.74, 6) is -6.03. The quantitative estimate of drug-likeness (QED) is 0.0249. The van der Waals surface area contributed by atoms with Gasteiger partial charge in [0.15, 0.2) is 0 Å². The van der Waals surface area contributed by atoms with Gasteiger partial charge >= 0.3 is 5.97 Å². The number of nitrogens with two attached hydrogens (primary N) is 2. The van der Waals surface area contributed by atoms with E-state index in [0.717, 1.165) is 44.2 Å². The summed E-state index contributed by atoms with van der Waals surface area (Å²) in [5, 5.41) is 52.8. The van der Waals surface area contributed by atoms with Crippen LogP contribution in [-0.2, 0) is 91.4 Å². The molecule has 0 unspecified atom stereocenters. The van der Waals surface area contributed by atoms with Gasteiger partial charge in [0.05, 0.1) is 25.2 Å². The fraction of sp³-hybridized carbons (Fsp3) is 0.400. The largest absolute Gasteiger partial charge is 0.508 e. The molecule has 6 aromatic rings. The van der Waals surface area contributed by atoms with E-state index in [9.17, 15) is 68.1 Å². The van der Waals surface area contributed by atoms with Gasteiger partial charge in [-0.05, 0) is 139 Å². The molecule has 0 saturated carbocycles. The van der Waals surface area contributed by atoms with Crippen molar-refractivity contribution in [3.8, 4) is 11.5 Å². The topological polar surface area (TPSA) is 403 Å². The fourth-order valence-electron chi connectivity index (χ4n) is 12.5. The van der Waals surface area contributed by atoms with Gasteiger partial charge in [0.1, 0.15) is 41.7 Å². The van der Waals surface area contributed by atoms with Crippen molar-refractivity contribution in [1.82, 2.24) is 52.3 Å². The maximum absolute atomic E-state index is 14.5. The second kappa shape index (κ2) is 38.6. The number of phenols is 2. The Balaban J connectivity index is 0.708. The molecule has 26 nitrogen and oxygen atoms in total. The summed E-state index contributed by atoms with van der Waals surface area (Å²) in [7, 11) is 0. The third-order valence-corrected chi connectivity index (χ3v) is 18.0. The lowest BCUT2D eigenvalue weighted by atomic mass is 9.92. The van der Waals surface area contributed by atoms with Crippen molar-refractivity contribution in [3.05, 3.63) is 179 Å². The molecule has 6 aromatic carbocycles. The first kappa shape index (κ1) is 76.0. The molecule has 0 radical (unpaired) electrons. The molecule has 2 heterocycles. The van der Waals surface area contributed by atoms with Crippen LogP contribution in [0.2, 0.25) is 0 Å². The zero-order valence-electron chi connectivity index (χ0n) is 56.5. The molecule has 2 aliphatic rings. The third kappa shape index (κ3) is 23.7. The molecule has 0 bridgehead atoms. The molecule has 1 fully saturated rings. The summed E-state index contributed by atoms with van der Waals surface area (Å²) in [4.78, 5) is 150. The Bertz CT molecular complexity index is 3830. The molecule has 0 spiro atoms. The van der Waals surface area contributed by atoms with E-state index in [2.05, 4.69) is 42.5 Å². The first-order valence-electron chi connectivity index (χ1n) is 34.4. The number of unbranched alkanes of at least 4 members (excludes halogenated alkanes) is 3. The van der Waals surface area contributed by atoms with Crippen LogP contribution < -0.4 is 54.0 Å². The number of nitrogens with zero attached hydrogens (tertiary/aromatic N) is 2. The molecule has 536 valence electrons. The fourth-order valence-corrected chi connectivity index (χ4v) is 12.5. The number of amides is 10. The van der Waals surface area contributed by atoms with Gasteiger partial charge < -0.3 is 79.1 Å². The van der Waals surface area contributed by atoms with Crippen molar-refractivity contribution in [2.24, 2.45) is 11.5 Å². The van der Waals surface area contributed by atoms with Gasteiger partial charge in [-0.2, -0.15) is 0 Å². The molecule has 26 heteroatoms. The van der Waals surface area contributed by atoms with E-state index in [4.69, 9.17) is 11.5 Å². The van der Waals surface area contributed by atoms with E-state index in [1.165, 1.54) is 34.1 Å². The zero-order valence-corrected chi connectivity index (χ0v) is 56.5. The van der Waals surface area contributed by atoms with E-state index < -0.39 is 108 Å². The molecule has 2 aliphatic heterocycles. The first-order valence-corrected chi connectivity index (χ1v) is 34.4. The van der Waals surface area contributed by atoms with E-state index in [-0.39, 0.29) is 108 Å². The number of nitrogens with one attached hydrogen (secondary N) is 8. The Labute approximate surface area is 586 Å². The van der Waals surface area contributed by atoms with Crippen LogP contribution in [0.1, 0.15) is 104 Å². The van der Waals surface area contributed by atoms with Gasteiger partial charge in [-0.3, -0.25) is 47.9 Å². The molecule has 8 rings (SSSR count). The van der Waals surface area contributed by atoms with Gasteiger partial charge in [-0.1, -0.05) is 121 Å². The molecule has 15 N–H and O–H groups in total. The maximum atomic E-state index is 14.5. The predicted octanol–water partition coefficient (Wildman–Crippen LogP) is 2.75. The summed E-state index contributed by atoms with van der Waals surface area (Å²) in [5.41, 5.74) is 17.4. The Morgan fingerprint density at radius 3 is 1.63 bits per heavy atom. The Kier molecular flexibility index (Phi) is 29.0.